The standard InChI is InChI=1S/C20H19ClN4O3/c1-13-22-17-7-4-15(12-18(17)28-13)23-19(26)20(27)25-10-8-24(9-11-25)16-5-2-14(21)3-6-16/h2-7,12H,8-11H2,1H3,(H,23,26). The van der Waals surface area contributed by atoms with Crippen molar-refractivity contribution in [3.05, 3.63) is 53.4 Å². The number of benzene rings is 2. The van der Waals surface area contributed by atoms with Crippen LogP contribution < -0.4 is 10.2 Å². The fourth-order valence-corrected chi connectivity index (χ4v) is 3.39. The maximum atomic E-state index is 12.5. The molecule has 0 spiro atoms. The Kier molecular flexibility index (Phi) is 4.92. The second-order valence-corrected chi connectivity index (χ2v) is 7.06. The number of halogens is 1. The molecule has 2 heterocycles. The van der Waals surface area contributed by atoms with Gasteiger partial charge in [-0.2, -0.15) is 0 Å². The zero-order valence-electron chi connectivity index (χ0n) is 15.3. The number of carbonyl (C=O) groups is 2. The van der Waals surface area contributed by atoms with Crippen molar-refractivity contribution in [3.8, 4) is 0 Å². The van der Waals surface area contributed by atoms with Crippen LogP contribution in [0.5, 0.6) is 0 Å². The van der Waals surface area contributed by atoms with E-state index >= 15 is 0 Å². The van der Waals surface area contributed by atoms with E-state index in [9.17, 15) is 9.59 Å². The van der Waals surface area contributed by atoms with Crippen LogP contribution >= 0.6 is 11.6 Å². The van der Waals surface area contributed by atoms with Crippen molar-refractivity contribution in [2.45, 2.75) is 6.92 Å². The Balaban J connectivity index is 1.36. The van der Waals surface area contributed by atoms with Gasteiger partial charge in [-0.3, -0.25) is 9.59 Å². The topological polar surface area (TPSA) is 78.7 Å². The highest BCUT2D eigenvalue weighted by Crippen LogP contribution is 2.21. The number of aryl methyl sites for hydroxylation is 1. The third-order valence-corrected chi connectivity index (χ3v) is 4.96. The first-order valence-electron chi connectivity index (χ1n) is 8.97. The van der Waals surface area contributed by atoms with Gasteiger partial charge in [-0.15, -0.1) is 0 Å². The SMILES string of the molecule is Cc1nc2ccc(NC(=O)C(=O)N3CCN(c4ccc(Cl)cc4)CC3)cc2o1. The lowest BCUT2D eigenvalue weighted by atomic mass is 10.2. The average molecular weight is 399 g/mol. The van der Waals surface area contributed by atoms with Crippen molar-refractivity contribution in [1.29, 1.82) is 0 Å². The Hall–Kier alpha value is -3.06. The predicted molar refractivity (Wildman–Crippen MR) is 108 cm³/mol. The molecule has 1 aromatic heterocycles. The highest BCUT2D eigenvalue weighted by atomic mass is 35.5. The highest BCUT2D eigenvalue weighted by Gasteiger charge is 2.26. The number of piperazine rings is 1. The first-order valence-corrected chi connectivity index (χ1v) is 9.35. The Morgan fingerprint density at radius 3 is 2.50 bits per heavy atom. The number of oxazole rings is 1. The van der Waals surface area contributed by atoms with E-state index in [1.807, 2.05) is 24.3 Å². The Bertz CT molecular complexity index is 1020. The fraction of sp³-hybridized carbons (Fsp3) is 0.250. The van der Waals surface area contributed by atoms with Gasteiger partial charge in [0.2, 0.25) is 0 Å². The molecule has 0 bridgehead atoms. The summed E-state index contributed by atoms with van der Waals surface area (Å²) in [5.41, 5.74) is 2.83. The largest absolute Gasteiger partial charge is 0.441 e. The number of fused-ring (bicyclic) bond motifs is 1. The van der Waals surface area contributed by atoms with Crippen molar-refractivity contribution in [3.63, 3.8) is 0 Å². The van der Waals surface area contributed by atoms with E-state index in [0.29, 0.717) is 53.9 Å². The lowest BCUT2D eigenvalue weighted by Crippen LogP contribution is -2.51. The second kappa shape index (κ2) is 7.52. The minimum absolute atomic E-state index is 0.481. The van der Waals surface area contributed by atoms with Gasteiger partial charge in [0.15, 0.2) is 11.5 Å². The van der Waals surface area contributed by atoms with Crippen LogP contribution in [0.1, 0.15) is 5.89 Å². The Labute approximate surface area is 166 Å². The van der Waals surface area contributed by atoms with Gasteiger partial charge >= 0.3 is 11.8 Å². The van der Waals surface area contributed by atoms with E-state index in [0.717, 1.165) is 5.69 Å². The summed E-state index contributed by atoms with van der Waals surface area (Å²) < 4.78 is 5.46. The summed E-state index contributed by atoms with van der Waals surface area (Å²) in [4.78, 5) is 32.8. The van der Waals surface area contributed by atoms with Gasteiger partial charge in [0.25, 0.3) is 0 Å². The Morgan fingerprint density at radius 2 is 1.79 bits per heavy atom. The number of hydrogen-bond donors (Lipinski definition) is 1. The van der Waals surface area contributed by atoms with Gasteiger partial charge in [0.05, 0.1) is 0 Å². The molecule has 3 aromatic rings. The van der Waals surface area contributed by atoms with Crippen molar-refractivity contribution in [2.75, 3.05) is 36.4 Å². The van der Waals surface area contributed by atoms with Crippen LogP contribution in [0.2, 0.25) is 5.02 Å². The number of aromatic nitrogens is 1. The molecule has 1 aliphatic heterocycles. The molecule has 144 valence electrons. The first-order chi connectivity index (χ1) is 13.5. The number of carbonyl (C=O) groups excluding carboxylic acids is 2. The molecule has 7 nitrogen and oxygen atoms in total. The van der Waals surface area contributed by atoms with Gasteiger partial charge in [0.1, 0.15) is 5.52 Å². The quantitative estimate of drug-likeness (QED) is 0.671. The van der Waals surface area contributed by atoms with E-state index in [1.54, 1.807) is 30.0 Å². The minimum Gasteiger partial charge on any atom is -0.441 e. The van der Waals surface area contributed by atoms with Crippen LogP contribution in [0, 0.1) is 6.92 Å². The Morgan fingerprint density at radius 1 is 1.07 bits per heavy atom. The molecule has 1 aliphatic rings. The summed E-state index contributed by atoms with van der Waals surface area (Å²) in [5, 5.41) is 3.33. The van der Waals surface area contributed by atoms with Crippen molar-refractivity contribution in [1.82, 2.24) is 9.88 Å². The smallest absolute Gasteiger partial charge is 0.313 e. The minimum atomic E-state index is -0.657. The van der Waals surface area contributed by atoms with Gasteiger partial charge in [-0.1, -0.05) is 11.6 Å². The van der Waals surface area contributed by atoms with E-state index in [4.69, 9.17) is 16.0 Å². The third kappa shape index (κ3) is 3.80. The van der Waals surface area contributed by atoms with Crippen LogP contribution in [0.25, 0.3) is 11.1 Å². The zero-order chi connectivity index (χ0) is 19.7. The van der Waals surface area contributed by atoms with Crippen LogP contribution in [-0.4, -0.2) is 47.9 Å². The molecule has 1 fully saturated rings. The maximum absolute atomic E-state index is 12.5. The molecule has 28 heavy (non-hydrogen) atoms. The van der Waals surface area contributed by atoms with E-state index in [-0.39, 0.29) is 0 Å². The molecule has 8 heteroatoms. The van der Waals surface area contributed by atoms with Crippen LogP contribution in [0.15, 0.2) is 46.9 Å². The summed E-state index contributed by atoms with van der Waals surface area (Å²) in [6.07, 6.45) is 0. The molecule has 0 radical (unpaired) electrons. The maximum Gasteiger partial charge on any atom is 0.313 e. The van der Waals surface area contributed by atoms with Crippen molar-refractivity contribution < 1.29 is 14.0 Å². The van der Waals surface area contributed by atoms with Crippen LogP contribution in [0.3, 0.4) is 0 Å². The average Bonchev–Trinajstić information content (AvgIpc) is 3.07. The van der Waals surface area contributed by atoms with Gasteiger partial charge in [-0.05, 0) is 36.4 Å². The first kappa shape index (κ1) is 18.3. The second-order valence-electron chi connectivity index (χ2n) is 6.63. The van der Waals surface area contributed by atoms with Crippen molar-refractivity contribution >= 4 is 45.9 Å². The number of anilines is 2. The lowest BCUT2D eigenvalue weighted by molar-refractivity contribution is -0.143. The zero-order valence-corrected chi connectivity index (χ0v) is 16.1. The molecular weight excluding hydrogens is 380 g/mol. The molecular formula is C20H19ClN4O3. The predicted octanol–water partition coefficient (Wildman–Crippen LogP) is 3.08. The normalized spacial score (nSPS) is 14.4. The van der Waals surface area contributed by atoms with E-state index < -0.39 is 11.8 Å². The molecule has 0 aliphatic carbocycles. The number of hydrogen-bond acceptors (Lipinski definition) is 5. The summed E-state index contributed by atoms with van der Waals surface area (Å²) in [6, 6.07) is 12.7. The van der Waals surface area contributed by atoms with Crippen LogP contribution in [0.4, 0.5) is 11.4 Å². The number of nitrogens with zero attached hydrogens (tertiary/aromatic N) is 3. The molecule has 0 saturated carbocycles. The lowest BCUT2D eigenvalue weighted by Gasteiger charge is -2.35. The monoisotopic (exact) mass is 398 g/mol. The summed E-state index contributed by atoms with van der Waals surface area (Å²) in [7, 11) is 0. The molecule has 2 amide bonds. The summed E-state index contributed by atoms with van der Waals surface area (Å²) >= 11 is 5.92. The number of nitrogens with one attached hydrogen (secondary N) is 1. The van der Waals surface area contributed by atoms with Gasteiger partial charge in [-0.25, -0.2) is 4.98 Å². The molecule has 0 atom stereocenters. The van der Waals surface area contributed by atoms with Gasteiger partial charge in [0, 0.05) is 55.6 Å². The summed E-state index contributed by atoms with van der Waals surface area (Å²) in [6.45, 7) is 4.03. The van der Waals surface area contributed by atoms with E-state index in [2.05, 4.69) is 15.2 Å². The molecule has 0 unspecified atom stereocenters. The number of amides is 2. The molecule has 2 aromatic carbocycles. The molecule has 1 saturated heterocycles. The number of rotatable bonds is 2. The molecule has 1 N–H and O–H groups in total. The molecule has 4 rings (SSSR count). The highest BCUT2D eigenvalue weighted by molar-refractivity contribution is 6.39. The third-order valence-electron chi connectivity index (χ3n) is 4.71. The van der Waals surface area contributed by atoms with Crippen molar-refractivity contribution in [2.24, 2.45) is 0 Å². The van der Waals surface area contributed by atoms with Gasteiger partial charge < -0.3 is 19.5 Å². The van der Waals surface area contributed by atoms with E-state index in [1.165, 1.54) is 0 Å². The van der Waals surface area contributed by atoms with Crippen LogP contribution in [-0.2, 0) is 9.59 Å². The fourth-order valence-electron chi connectivity index (χ4n) is 3.27. The summed E-state index contributed by atoms with van der Waals surface area (Å²) in [5.74, 6) is -0.645.